The monoisotopic (exact) mass is 650 g/mol. The second-order valence-corrected chi connectivity index (χ2v) is 9.95. The average Bonchev–Trinajstić information content (AvgIpc) is 3.75. The molecular formula is C31H29F3N8O5. The van der Waals surface area contributed by atoms with Crippen molar-refractivity contribution in [1.82, 2.24) is 24.5 Å². The van der Waals surface area contributed by atoms with Crippen LogP contribution in [0.3, 0.4) is 0 Å². The molecule has 0 saturated carbocycles. The Morgan fingerprint density at radius 1 is 0.957 bits per heavy atom. The predicted octanol–water partition coefficient (Wildman–Crippen LogP) is 4.93. The summed E-state index contributed by atoms with van der Waals surface area (Å²) in [6, 6.07) is 22.8. The third-order valence-electron chi connectivity index (χ3n) is 6.83. The van der Waals surface area contributed by atoms with Crippen LogP contribution in [0.15, 0.2) is 91.5 Å². The number of benzene rings is 3. The van der Waals surface area contributed by atoms with Crippen molar-refractivity contribution in [3.8, 4) is 17.1 Å². The van der Waals surface area contributed by atoms with Crippen molar-refractivity contribution in [2.24, 2.45) is 0 Å². The Bertz CT molecular complexity index is 1820. The highest BCUT2D eigenvalue weighted by molar-refractivity contribution is 6.04. The Balaban J connectivity index is 0.000000559. The lowest BCUT2D eigenvalue weighted by atomic mass is 10.1. The SMILES string of the molecule is COc1cc(NC(=O)c2cccc(-n3cc(Nc4nncn4-c4ccccc4)cn3)c2)ccc1N1CCOCC1.O=C(O)C(F)(F)F. The molecule has 6 rings (SSSR count). The van der Waals surface area contributed by atoms with Crippen molar-refractivity contribution in [3.05, 3.63) is 97.1 Å². The van der Waals surface area contributed by atoms with Crippen molar-refractivity contribution in [2.45, 2.75) is 6.18 Å². The molecule has 0 bridgehead atoms. The van der Waals surface area contributed by atoms with Gasteiger partial charge in [-0.2, -0.15) is 18.3 Å². The minimum Gasteiger partial charge on any atom is -0.495 e. The summed E-state index contributed by atoms with van der Waals surface area (Å²) in [4.78, 5) is 24.2. The number of methoxy groups -OCH3 is 1. The van der Waals surface area contributed by atoms with Gasteiger partial charge in [-0.15, -0.1) is 10.2 Å². The van der Waals surface area contributed by atoms with Crippen LogP contribution in [0.1, 0.15) is 10.4 Å². The molecule has 0 spiro atoms. The van der Waals surface area contributed by atoms with Gasteiger partial charge in [-0.1, -0.05) is 24.3 Å². The molecule has 1 aliphatic heterocycles. The molecule has 1 saturated heterocycles. The number of ether oxygens (including phenoxy) is 2. The maximum Gasteiger partial charge on any atom is 0.490 e. The molecule has 1 amide bonds. The van der Waals surface area contributed by atoms with Crippen molar-refractivity contribution < 1.29 is 37.3 Å². The van der Waals surface area contributed by atoms with Crippen LogP contribution in [-0.2, 0) is 9.53 Å². The van der Waals surface area contributed by atoms with E-state index in [1.54, 1.807) is 36.4 Å². The molecule has 13 nitrogen and oxygen atoms in total. The Kier molecular flexibility index (Phi) is 10.0. The zero-order chi connectivity index (χ0) is 33.4. The molecule has 0 aliphatic carbocycles. The lowest BCUT2D eigenvalue weighted by molar-refractivity contribution is -0.192. The minimum absolute atomic E-state index is 0.232. The van der Waals surface area contributed by atoms with Gasteiger partial charge in [0, 0.05) is 30.4 Å². The number of carbonyl (C=O) groups is 2. The largest absolute Gasteiger partial charge is 0.495 e. The third-order valence-corrected chi connectivity index (χ3v) is 6.83. The fourth-order valence-corrected chi connectivity index (χ4v) is 4.57. The molecule has 5 aromatic rings. The smallest absolute Gasteiger partial charge is 0.490 e. The first-order chi connectivity index (χ1) is 22.6. The molecule has 3 aromatic carbocycles. The van der Waals surface area contributed by atoms with E-state index in [9.17, 15) is 18.0 Å². The Morgan fingerprint density at radius 2 is 1.68 bits per heavy atom. The number of carbonyl (C=O) groups excluding carboxylic acids is 1. The number of anilines is 4. The first kappa shape index (κ1) is 32.5. The number of carboxylic acid groups (broad SMARTS) is 1. The average molecular weight is 651 g/mol. The van der Waals surface area contributed by atoms with Gasteiger partial charge in [-0.25, -0.2) is 9.48 Å². The normalized spacial score (nSPS) is 12.9. The number of hydrogen-bond acceptors (Lipinski definition) is 9. The van der Waals surface area contributed by atoms with E-state index in [1.807, 2.05) is 71.4 Å². The lowest BCUT2D eigenvalue weighted by Crippen LogP contribution is -2.36. The van der Waals surface area contributed by atoms with E-state index < -0.39 is 12.1 Å². The number of carboxylic acids is 1. The number of aromatic nitrogens is 5. The Morgan fingerprint density at radius 3 is 2.38 bits per heavy atom. The van der Waals surface area contributed by atoms with E-state index in [0.29, 0.717) is 36.2 Å². The summed E-state index contributed by atoms with van der Waals surface area (Å²) in [5.41, 5.74) is 4.54. The second kappa shape index (κ2) is 14.5. The molecule has 244 valence electrons. The van der Waals surface area contributed by atoms with Gasteiger partial charge in [0.25, 0.3) is 5.91 Å². The summed E-state index contributed by atoms with van der Waals surface area (Å²) >= 11 is 0. The van der Waals surface area contributed by atoms with Gasteiger partial charge in [0.2, 0.25) is 5.95 Å². The van der Waals surface area contributed by atoms with Crippen LogP contribution < -0.4 is 20.3 Å². The van der Waals surface area contributed by atoms with Crippen LogP contribution in [-0.4, -0.2) is 81.1 Å². The maximum absolute atomic E-state index is 13.1. The number of amides is 1. The molecule has 0 atom stereocenters. The van der Waals surface area contributed by atoms with Gasteiger partial charge >= 0.3 is 12.1 Å². The Hall–Kier alpha value is -5.90. The van der Waals surface area contributed by atoms with Gasteiger partial charge in [-0.05, 0) is 42.5 Å². The molecule has 0 unspecified atom stereocenters. The summed E-state index contributed by atoms with van der Waals surface area (Å²) in [7, 11) is 1.63. The van der Waals surface area contributed by atoms with Crippen LogP contribution in [0.4, 0.5) is 36.2 Å². The van der Waals surface area contributed by atoms with Gasteiger partial charge in [-0.3, -0.25) is 9.36 Å². The van der Waals surface area contributed by atoms with Gasteiger partial charge in [0.15, 0.2) is 0 Å². The highest BCUT2D eigenvalue weighted by Crippen LogP contribution is 2.32. The van der Waals surface area contributed by atoms with E-state index in [0.717, 1.165) is 35.8 Å². The molecule has 3 N–H and O–H groups in total. The quantitative estimate of drug-likeness (QED) is 0.211. The highest BCUT2D eigenvalue weighted by Gasteiger charge is 2.38. The number of nitrogens with zero attached hydrogens (tertiary/aromatic N) is 6. The number of para-hydroxylation sites is 1. The fourth-order valence-electron chi connectivity index (χ4n) is 4.57. The third kappa shape index (κ3) is 8.23. The fraction of sp³-hybridized carbons (Fsp3) is 0.194. The van der Waals surface area contributed by atoms with Crippen LogP contribution >= 0.6 is 0 Å². The second-order valence-electron chi connectivity index (χ2n) is 9.95. The molecule has 1 fully saturated rings. The zero-order valence-corrected chi connectivity index (χ0v) is 24.9. The number of aliphatic carboxylic acids is 1. The molecule has 2 aromatic heterocycles. The topological polar surface area (TPSA) is 149 Å². The van der Waals surface area contributed by atoms with Gasteiger partial charge < -0.3 is 30.1 Å². The van der Waals surface area contributed by atoms with Crippen LogP contribution in [0.5, 0.6) is 5.75 Å². The molecule has 0 radical (unpaired) electrons. The first-order valence-corrected chi connectivity index (χ1v) is 14.1. The van der Waals surface area contributed by atoms with E-state index in [2.05, 4.69) is 30.8 Å². The number of halogens is 3. The number of alkyl halides is 3. The minimum atomic E-state index is -5.08. The van der Waals surface area contributed by atoms with Gasteiger partial charge in [0.1, 0.15) is 12.1 Å². The lowest BCUT2D eigenvalue weighted by Gasteiger charge is -2.30. The molecule has 1 aliphatic rings. The number of rotatable bonds is 8. The maximum atomic E-state index is 13.1. The number of nitrogens with one attached hydrogen (secondary N) is 2. The predicted molar refractivity (Wildman–Crippen MR) is 166 cm³/mol. The summed E-state index contributed by atoms with van der Waals surface area (Å²) in [5, 5.41) is 26.0. The van der Waals surface area contributed by atoms with E-state index >= 15 is 0 Å². The summed E-state index contributed by atoms with van der Waals surface area (Å²) < 4.78 is 46.4. The summed E-state index contributed by atoms with van der Waals surface area (Å²) in [6.07, 6.45) is 0.0885. The summed E-state index contributed by atoms with van der Waals surface area (Å²) in [5.74, 6) is -1.72. The van der Waals surface area contributed by atoms with Crippen molar-refractivity contribution in [1.29, 1.82) is 0 Å². The van der Waals surface area contributed by atoms with Crippen LogP contribution in [0.2, 0.25) is 0 Å². The summed E-state index contributed by atoms with van der Waals surface area (Å²) in [6.45, 7) is 2.96. The van der Waals surface area contributed by atoms with Crippen molar-refractivity contribution >= 4 is 34.9 Å². The van der Waals surface area contributed by atoms with E-state index in [-0.39, 0.29) is 5.91 Å². The standard InChI is InChI=1S/C29H28N8O3.C2HF3O2/c1-39-27-17-22(10-11-26(27)35-12-14-40-15-13-35)32-28(38)21-6-5-9-25(16-21)37-19-23(18-31-37)33-29-34-30-20-36(29)24-7-3-2-4-8-24;3-2(4,5)1(6)7/h2-11,16-20H,12-15H2,1H3,(H,32,38)(H,33,34);(H,6,7). The molecular weight excluding hydrogens is 621 g/mol. The molecule has 3 heterocycles. The van der Waals surface area contributed by atoms with E-state index in [1.165, 1.54) is 0 Å². The van der Waals surface area contributed by atoms with E-state index in [4.69, 9.17) is 19.4 Å². The van der Waals surface area contributed by atoms with Crippen molar-refractivity contribution in [2.75, 3.05) is 48.9 Å². The highest BCUT2D eigenvalue weighted by atomic mass is 19.4. The van der Waals surface area contributed by atoms with Crippen LogP contribution in [0, 0.1) is 0 Å². The molecule has 16 heteroatoms. The number of hydrogen-bond donors (Lipinski definition) is 3. The van der Waals surface area contributed by atoms with Crippen molar-refractivity contribution in [3.63, 3.8) is 0 Å². The molecule has 47 heavy (non-hydrogen) atoms. The Labute approximate surface area is 266 Å². The zero-order valence-electron chi connectivity index (χ0n) is 24.9. The number of morpholine rings is 1. The van der Waals surface area contributed by atoms with Gasteiger partial charge in [0.05, 0.1) is 55.5 Å². The van der Waals surface area contributed by atoms with Crippen LogP contribution in [0.25, 0.3) is 11.4 Å². The first-order valence-electron chi connectivity index (χ1n) is 14.1.